The van der Waals surface area contributed by atoms with Gasteiger partial charge < -0.3 is 0 Å². The van der Waals surface area contributed by atoms with Gasteiger partial charge in [-0.2, -0.15) is 13.2 Å². The molecule has 4 aromatic rings. The minimum atomic E-state index is -4.61. The van der Waals surface area contributed by atoms with E-state index in [4.69, 9.17) is 23.2 Å². The van der Waals surface area contributed by atoms with Crippen molar-refractivity contribution in [3.8, 4) is 17.1 Å². The Hall–Kier alpha value is -2.55. The van der Waals surface area contributed by atoms with Crippen molar-refractivity contribution in [1.82, 2.24) is 14.8 Å². The molecule has 0 atom stereocenters. The summed E-state index contributed by atoms with van der Waals surface area (Å²) in [5.74, 6) is -0.291. The van der Waals surface area contributed by atoms with Crippen molar-refractivity contribution in [2.24, 2.45) is 0 Å². The minimum absolute atomic E-state index is 0.0490. The van der Waals surface area contributed by atoms with Gasteiger partial charge in [0.15, 0.2) is 11.0 Å². The molecule has 1 aromatic heterocycles. The molecule has 0 N–H and O–H groups in total. The number of aromatic nitrogens is 3. The molecule has 4 rings (SSSR count). The molecule has 10 heteroatoms. The molecule has 0 spiro atoms. The summed E-state index contributed by atoms with van der Waals surface area (Å²) >= 11 is 13.2. The largest absolute Gasteiger partial charge is 0.418 e. The zero-order chi connectivity index (χ0) is 22.9. The van der Waals surface area contributed by atoms with E-state index < -0.39 is 17.6 Å². The topological polar surface area (TPSA) is 30.7 Å². The first-order chi connectivity index (χ1) is 15.3. The third-order valence-corrected chi connectivity index (χ3v) is 6.12. The summed E-state index contributed by atoms with van der Waals surface area (Å²) in [6.45, 7) is 0. The Labute approximate surface area is 195 Å². The second-order valence-corrected chi connectivity index (χ2v) is 8.44. The average molecular weight is 498 g/mol. The number of thioether (sulfide) groups is 1. The van der Waals surface area contributed by atoms with Crippen LogP contribution in [0.3, 0.4) is 0 Å². The van der Waals surface area contributed by atoms with Gasteiger partial charge in [0.2, 0.25) is 0 Å². The fraction of sp³-hybridized carbons (Fsp3) is 0.0909. The quantitative estimate of drug-likeness (QED) is 0.209. The Morgan fingerprint density at radius 3 is 2.38 bits per heavy atom. The zero-order valence-electron chi connectivity index (χ0n) is 16.1. The Morgan fingerprint density at radius 2 is 1.66 bits per heavy atom. The van der Waals surface area contributed by atoms with Gasteiger partial charge in [0.1, 0.15) is 5.82 Å². The van der Waals surface area contributed by atoms with Crippen LogP contribution in [0.2, 0.25) is 10.0 Å². The summed E-state index contributed by atoms with van der Waals surface area (Å²) in [6, 6.07) is 16.0. The van der Waals surface area contributed by atoms with Gasteiger partial charge in [0.05, 0.1) is 11.3 Å². The van der Waals surface area contributed by atoms with Crippen molar-refractivity contribution in [1.29, 1.82) is 0 Å². The second kappa shape index (κ2) is 9.13. The Balaban J connectivity index is 1.86. The summed E-state index contributed by atoms with van der Waals surface area (Å²) in [4.78, 5) is 0. The number of benzene rings is 3. The van der Waals surface area contributed by atoms with Crippen molar-refractivity contribution in [3.05, 3.63) is 93.7 Å². The summed E-state index contributed by atoms with van der Waals surface area (Å²) in [7, 11) is 0. The first-order valence-electron chi connectivity index (χ1n) is 9.19. The lowest BCUT2D eigenvalue weighted by Gasteiger charge is -2.16. The van der Waals surface area contributed by atoms with E-state index in [-0.39, 0.29) is 33.0 Å². The van der Waals surface area contributed by atoms with Crippen LogP contribution in [0, 0.1) is 5.82 Å². The fourth-order valence-electron chi connectivity index (χ4n) is 3.11. The van der Waals surface area contributed by atoms with Crippen LogP contribution in [-0.4, -0.2) is 14.8 Å². The molecule has 0 saturated carbocycles. The molecule has 0 amide bonds. The highest BCUT2D eigenvalue weighted by Gasteiger charge is 2.35. The van der Waals surface area contributed by atoms with Crippen molar-refractivity contribution in [3.63, 3.8) is 0 Å². The number of para-hydroxylation sites is 1. The number of alkyl halides is 3. The van der Waals surface area contributed by atoms with Crippen molar-refractivity contribution < 1.29 is 17.6 Å². The third kappa shape index (κ3) is 4.62. The van der Waals surface area contributed by atoms with E-state index in [2.05, 4.69) is 10.2 Å². The maximum absolute atomic E-state index is 14.2. The molecule has 3 aromatic carbocycles. The van der Waals surface area contributed by atoms with E-state index >= 15 is 0 Å². The SMILES string of the molecule is Fc1cccc(Cl)c1CSc1nnc(-c2cccc(Cl)c2)n1-c1ccccc1C(F)(F)F. The Kier molecular flexibility index (Phi) is 6.46. The summed E-state index contributed by atoms with van der Waals surface area (Å²) in [5, 5.41) is 8.98. The molecule has 0 aliphatic heterocycles. The van der Waals surface area contributed by atoms with Gasteiger partial charge in [-0.05, 0) is 36.4 Å². The lowest BCUT2D eigenvalue weighted by molar-refractivity contribution is -0.137. The third-order valence-electron chi connectivity index (χ3n) is 4.57. The van der Waals surface area contributed by atoms with Crippen molar-refractivity contribution in [2.45, 2.75) is 17.1 Å². The molecule has 3 nitrogen and oxygen atoms in total. The van der Waals surface area contributed by atoms with E-state index in [1.54, 1.807) is 30.3 Å². The summed E-state index contributed by atoms with van der Waals surface area (Å²) < 4.78 is 56.8. The number of hydrogen-bond acceptors (Lipinski definition) is 3. The molecular weight excluding hydrogens is 485 g/mol. The highest BCUT2D eigenvalue weighted by atomic mass is 35.5. The molecule has 0 unspecified atom stereocenters. The monoisotopic (exact) mass is 497 g/mol. The molecule has 1 heterocycles. The predicted octanol–water partition coefficient (Wildman–Crippen LogP) is 7.69. The second-order valence-electron chi connectivity index (χ2n) is 6.66. The fourth-order valence-corrected chi connectivity index (χ4v) is 4.59. The molecule has 0 aliphatic rings. The van der Waals surface area contributed by atoms with Gasteiger partial charge >= 0.3 is 6.18 Å². The van der Waals surface area contributed by atoms with Gasteiger partial charge in [0.25, 0.3) is 0 Å². The Bertz CT molecular complexity index is 1250. The highest BCUT2D eigenvalue weighted by molar-refractivity contribution is 7.98. The molecule has 0 bridgehead atoms. The molecule has 0 saturated heterocycles. The number of halogens is 6. The van der Waals surface area contributed by atoms with Gasteiger partial charge in [-0.3, -0.25) is 4.57 Å². The molecule has 32 heavy (non-hydrogen) atoms. The zero-order valence-corrected chi connectivity index (χ0v) is 18.4. The van der Waals surface area contributed by atoms with Gasteiger partial charge in [-0.15, -0.1) is 10.2 Å². The summed E-state index contributed by atoms with van der Waals surface area (Å²) in [6.07, 6.45) is -4.61. The normalized spacial score (nSPS) is 11.7. The maximum atomic E-state index is 14.2. The molecule has 0 fully saturated rings. The lowest BCUT2D eigenvalue weighted by Crippen LogP contribution is -2.12. The molecule has 0 radical (unpaired) electrons. The number of nitrogens with zero attached hydrogens (tertiary/aromatic N) is 3. The maximum Gasteiger partial charge on any atom is 0.418 e. The van der Waals surface area contributed by atoms with Crippen molar-refractivity contribution >= 4 is 35.0 Å². The van der Waals surface area contributed by atoms with E-state index in [1.807, 2.05) is 0 Å². The summed E-state index contributed by atoms with van der Waals surface area (Å²) in [5.41, 5.74) is -0.296. The van der Waals surface area contributed by atoms with E-state index in [1.165, 1.54) is 34.9 Å². The smallest absolute Gasteiger partial charge is 0.269 e. The van der Waals surface area contributed by atoms with Gasteiger partial charge in [-0.25, -0.2) is 4.39 Å². The molecule has 0 aliphatic carbocycles. The van der Waals surface area contributed by atoms with E-state index in [0.29, 0.717) is 10.6 Å². The van der Waals surface area contributed by atoms with Crippen LogP contribution >= 0.6 is 35.0 Å². The number of hydrogen-bond donors (Lipinski definition) is 0. The van der Waals surface area contributed by atoms with Crippen LogP contribution in [0.25, 0.3) is 17.1 Å². The first kappa shape index (κ1) is 22.6. The van der Waals surface area contributed by atoms with E-state index in [9.17, 15) is 17.6 Å². The van der Waals surface area contributed by atoms with Crippen LogP contribution < -0.4 is 0 Å². The van der Waals surface area contributed by atoms with Crippen LogP contribution in [0.1, 0.15) is 11.1 Å². The standard InChI is InChI=1S/C22H13Cl2F4N3S/c23-14-6-3-5-13(11-14)20-29-30-21(32-12-15-17(24)8-4-9-18(15)25)31(20)19-10-2-1-7-16(19)22(26,27)28/h1-11H,12H2. The lowest BCUT2D eigenvalue weighted by atomic mass is 10.1. The van der Waals surface area contributed by atoms with Crippen LogP contribution in [0.5, 0.6) is 0 Å². The molecule has 164 valence electrons. The first-order valence-corrected chi connectivity index (χ1v) is 10.9. The Morgan fingerprint density at radius 1 is 0.906 bits per heavy atom. The van der Waals surface area contributed by atoms with Crippen molar-refractivity contribution in [2.75, 3.05) is 0 Å². The minimum Gasteiger partial charge on any atom is -0.269 e. The molecular formula is C22H13Cl2F4N3S. The van der Waals surface area contributed by atoms with Gasteiger partial charge in [0, 0.05) is 26.9 Å². The van der Waals surface area contributed by atoms with E-state index in [0.717, 1.165) is 17.8 Å². The van der Waals surface area contributed by atoms with Crippen LogP contribution in [-0.2, 0) is 11.9 Å². The van der Waals surface area contributed by atoms with Crippen LogP contribution in [0.4, 0.5) is 17.6 Å². The van der Waals surface area contributed by atoms with Crippen LogP contribution in [0.15, 0.2) is 71.9 Å². The highest BCUT2D eigenvalue weighted by Crippen LogP contribution is 2.38. The van der Waals surface area contributed by atoms with Gasteiger partial charge in [-0.1, -0.05) is 65.3 Å². The average Bonchev–Trinajstić information content (AvgIpc) is 3.16. The predicted molar refractivity (Wildman–Crippen MR) is 118 cm³/mol. The number of rotatable bonds is 5.